The Bertz CT molecular complexity index is 576. The highest BCUT2D eigenvalue weighted by Gasteiger charge is 2.37. The van der Waals surface area contributed by atoms with Crippen LogP contribution in [0.5, 0.6) is 0 Å². The third-order valence-electron chi connectivity index (χ3n) is 5.67. The van der Waals surface area contributed by atoms with Crippen LogP contribution in [-0.2, 0) is 9.53 Å². The van der Waals surface area contributed by atoms with E-state index in [9.17, 15) is 4.79 Å². The number of likely N-dealkylation sites (tertiary alicyclic amines) is 1. The van der Waals surface area contributed by atoms with E-state index in [0.29, 0.717) is 23.8 Å². The number of hydrogen-bond acceptors (Lipinski definition) is 4. The second-order valence-electron chi connectivity index (χ2n) is 8.12. The quantitative estimate of drug-likeness (QED) is 0.839. The first-order valence-electron chi connectivity index (χ1n) is 9.78. The molecule has 3 rings (SSSR count). The van der Waals surface area contributed by atoms with Gasteiger partial charge in [0.15, 0.2) is 0 Å². The number of carbonyl (C=O) groups is 1. The normalized spacial score (nSPS) is 25.8. The summed E-state index contributed by atoms with van der Waals surface area (Å²) in [6.45, 7) is 11.0. The van der Waals surface area contributed by atoms with Crippen LogP contribution in [0.1, 0.15) is 71.2 Å². The molecule has 6 nitrogen and oxygen atoms in total. The first-order chi connectivity index (χ1) is 12.0. The molecule has 2 aliphatic rings. The first kappa shape index (κ1) is 18.4. The lowest BCUT2D eigenvalue weighted by Gasteiger charge is -2.39. The average Bonchev–Trinajstić information content (AvgIpc) is 3.11. The van der Waals surface area contributed by atoms with E-state index in [1.165, 1.54) is 0 Å². The summed E-state index contributed by atoms with van der Waals surface area (Å²) >= 11 is 0. The van der Waals surface area contributed by atoms with Crippen molar-refractivity contribution < 1.29 is 9.53 Å². The number of amides is 1. The molecule has 0 saturated carbocycles. The number of piperidine rings is 1. The molecule has 0 aliphatic carbocycles. The number of carbonyl (C=O) groups excluding carboxylic acids is 1. The third kappa shape index (κ3) is 3.89. The maximum atomic E-state index is 13.0. The fourth-order valence-electron chi connectivity index (χ4n) is 4.26. The largest absolute Gasteiger partial charge is 0.377 e. The Morgan fingerprint density at radius 1 is 1.20 bits per heavy atom. The molecule has 0 spiro atoms. The summed E-state index contributed by atoms with van der Waals surface area (Å²) in [6.07, 6.45) is 5.79. The summed E-state index contributed by atoms with van der Waals surface area (Å²) in [5.41, 5.74) is 0. The van der Waals surface area contributed by atoms with E-state index in [1.54, 1.807) is 0 Å². The van der Waals surface area contributed by atoms with E-state index in [1.807, 2.05) is 6.33 Å². The summed E-state index contributed by atoms with van der Waals surface area (Å²) in [5.74, 6) is 2.18. The molecule has 2 atom stereocenters. The predicted molar refractivity (Wildman–Crippen MR) is 96.3 cm³/mol. The van der Waals surface area contributed by atoms with Gasteiger partial charge in [-0.1, -0.05) is 13.8 Å². The highest BCUT2D eigenvalue weighted by atomic mass is 16.5. The van der Waals surface area contributed by atoms with Crippen LogP contribution in [0.4, 0.5) is 0 Å². The molecular weight excluding hydrogens is 316 g/mol. The van der Waals surface area contributed by atoms with Crippen molar-refractivity contribution in [1.82, 2.24) is 19.7 Å². The monoisotopic (exact) mass is 348 g/mol. The summed E-state index contributed by atoms with van der Waals surface area (Å²) in [6, 6.07) is 0.371. The maximum absolute atomic E-state index is 13.0. The minimum atomic E-state index is 0.0321. The van der Waals surface area contributed by atoms with Gasteiger partial charge in [-0.15, -0.1) is 10.2 Å². The highest BCUT2D eigenvalue weighted by Crippen LogP contribution is 2.32. The van der Waals surface area contributed by atoms with Gasteiger partial charge in [-0.25, -0.2) is 0 Å². The molecule has 0 bridgehead atoms. The fourth-order valence-corrected chi connectivity index (χ4v) is 4.26. The molecule has 2 saturated heterocycles. The predicted octanol–water partition coefficient (Wildman–Crippen LogP) is 3.02. The van der Waals surface area contributed by atoms with Crippen LogP contribution in [0.3, 0.4) is 0 Å². The molecule has 0 aromatic carbocycles. The number of nitrogens with zero attached hydrogens (tertiary/aromatic N) is 4. The van der Waals surface area contributed by atoms with Crippen molar-refractivity contribution in [3.8, 4) is 0 Å². The van der Waals surface area contributed by atoms with Gasteiger partial charge in [0.1, 0.15) is 12.2 Å². The Balaban J connectivity index is 1.61. The lowest BCUT2D eigenvalue weighted by molar-refractivity contribution is -0.148. The van der Waals surface area contributed by atoms with E-state index < -0.39 is 0 Å². The second kappa shape index (κ2) is 7.85. The van der Waals surface area contributed by atoms with Crippen LogP contribution in [0.25, 0.3) is 0 Å². The molecule has 25 heavy (non-hydrogen) atoms. The second-order valence-corrected chi connectivity index (χ2v) is 8.12. The van der Waals surface area contributed by atoms with Crippen molar-refractivity contribution in [2.75, 3.05) is 19.7 Å². The zero-order valence-corrected chi connectivity index (χ0v) is 16.0. The van der Waals surface area contributed by atoms with Crippen LogP contribution in [0, 0.1) is 11.8 Å². The molecule has 2 fully saturated rings. The number of ether oxygens (including phenoxy) is 1. The number of hydrogen-bond donors (Lipinski definition) is 0. The Labute approximate surface area is 150 Å². The average molecular weight is 348 g/mol. The van der Waals surface area contributed by atoms with Crippen LogP contribution in [-0.4, -0.2) is 51.4 Å². The summed E-state index contributed by atoms with van der Waals surface area (Å²) < 4.78 is 8.08. The Morgan fingerprint density at radius 3 is 2.56 bits per heavy atom. The Hall–Kier alpha value is -1.43. The summed E-state index contributed by atoms with van der Waals surface area (Å²) in [4.78, 5) is 15.1. The molecule has 6 heteroatoms. The number of rotatable bonds is 4. The third-order valence-corrected chi connectivity index (χ3v) is 5.67. The van der Waals surface area contributed by atoms with Gasteiger partial charge in [-0.3, -0.25) is 4.79 Å². The van der Waals surface area contributed by atoms with Crippen molar-refractivity contribution in [2.24, 2.45) is 11.8 Å². The smallest absolute Gasteiger partial charge is 0.228 e. The molecule has 140 valence electrons. The van der Waals surface area contributed by atoms with E-state index in [4.69, 9.17) is 4.74 Å². The van der Waals surface area contributed by atoms with E-state index in [2.05, 4.69) is 47.4 Å². The zero-order chi connectivity index (χ0) is 18.0. The molecule has 3 heterocycles. The van der Waals surface area contributed by atoms with Gasteiger partial charge >= 0.3 is 0 Å². The fraction of sp³-hybridized carbons (Fsp3) is 0.842. The van der Waals surface area contributed by atoms with E-state index >= 15 is 0 Å². The topological polar surface area (TPSA) is 60.2 Å². The Kier molecular flexibility index (Phi) is 5.77. The summed E-state index contributed by atoms with van der Waals surface area (Å²) in [5, 5.41) is 8.44. The highest BCUT2D eigenvalue weighted by molar-refractivity contribution is 5.79. The molecule has 0 radical (unpaired) electrons. The van der Waals surface area contributed by atoms with Crippen LogP contribution in [0.15, 0.2) is 6.33 Å². The lowest BCUT2D eigenvalue weighted by atomic mass is 9.85. The van der Waals surface area contributed by atoms with Gasteiger partial charge in [0.2, 0.25) is 5.91 Å². The van der Waals surface area contributed by atoms with Gasteiger partial charge in [0, 0.05) is 31.7 Å². The molecule has 1 aromatic heterocycles. The molecule has 0 N–H and O–H groups in total. The zero-order valence-electron chi connectivity index (χ0n) is 16.0. The number of aromatic nitrogens is 3. The van der Waals surface area contributed by atoms with Crippen molar-refractivity contribution in [1.29, 1.82) is 0 Å². The van der Waals surface area contributed by atoms with Gasteiger partial charge in [-0.05, 0) is 45.4 Å². The van der Waals surface area contributed by atoms with Crippen molar-refractivity contribution >= 4 is 5.91 Å². The van der Waals surface area contributed by atoms with Crippen molar-refractivity contribution in [3.05, 3.63) is 12.2 Å². The van der Waals surface area contributed by atoms with Crippen LogP contribution >= 0.6 is 0 Å². The summed E-state index contributed by atoms with van der Waals surface area (Å²) in [7, 11) is 0. The van der Waals surface area contributed by atoms with Gasteiger partial charge < -0.3 is 14.2 Å². The molecule has 1 aromatic rings. The molecule has 1 amide bonds. The van der Waals surface area contributed by atoms with E-state index in [-0.39, 0.29) is 12.0 Å². The Morgan fingerprint density at radius 2 is 1.92 bits per heavy atom. The standard InChI is InChI=1S/C19H32N4O2/c1-13(2)17-16(6-5-11-25-17)19(24)22-9-7-15(8-10-22)18-21-20-12-23(18)14(3)4/h12-17H,5-11H2,1-4H3/t16-,17+/m0/s1. The maximum Gasteiger partial charge on any atom is 0.228 e. The van der Waals surface area contributed by atoms with E-state index in [0.717, 1.165) is 51.2 Å². The molecular formula is C19H32N4O2. The first-order valence-corrected chi connectivity index (χ1v) is 9.78. The van der Waals surface area contributed by atoms with Gasteiger partial charge in [-0.2, -0.15) is 0 Å². The van der Waals surface area contributed by atoms with Gasteiger partial charge in [0.05, 0.1) is 12.0 Å². The van der Waals surface area contributed by atoms with Gasteiger partial charge in [0.25, 0.3) is 0 Å². The lowest BCUT2D eigenvalue weighted by Crippen LogP contribution is -2.48. The molecule has 0 unspecified atom stereocenters. The van der Waals surface area contributed by atoms with Crippen molar-refractivity contribution in [2.45, 2.75) is 71.4 Å². The minimum absolute atomic E-state index is 0.0321. The van der Waals surface area contributed by atoms with Crippen molar-refractivity contribution in [3.63, 3.8) is 0 Å². The molecule has 2 aliphatic heterocycles. The van der Waals surface area contributed by atoms with Crippen LogP contribution < -0.4 is 0 Å². The van der Waals surface area contributed by atoms with Crippen LogP contribution in [0.2, 0.25) is 0 Å². The SMILES string of the molecule is CC(C)[C@H]1OCCC[C@@H]1C(=O)N1CCC(c2nncn2C(C)C)CC1. The minimum Gasteiger partial charge on any atom is -0.377 e.